The number of thiophene rings is 1. The van der Waals surface area contributed by atoms with E-state index in [2.05, 4.69) is 15.5 Å². The molecule has 0 bridgehead atoms. The van der Waals surface area contributed by atoms with Crippen molar-refractivity contribution in [3.05, 3.63) is 64.2 Å². The first kappa shape index (κ1) is 13.5. The van der Waals surface area contributed by atoms with Crippen molar-refractivity contribution >= 4 is 23.3 Å². The molecule has 106 valence electrons. The number of nitrogens with one attached hydrogen (secondary N) is 1. The molecule has 0 radical (unpaired) electrons. The summed E-state index contributed by atoms with van der Waals surface area (Å²) in [6, 6.07) is 13.8. The van der Waals surface area contributed by atoms with Gasteiger partial charge in [-0.2, -0.15) is 0 Å². The summed E-state index contributed by atoms with van der Waals surface area (Å²) in [5, 5.41) is 12.3. The highest BCUT2D eigenvalue weighted by Crippen LogP contribution is 2.13. The smallest absolute Gasteiger partial charge is 0.322 e. The standard InChI is InChI=1S/C15H13N3O2S/c19-13(10-12-7-4-8-21-12)16-15-18-17-14(20-15)9-11-5-2-1-3-6-11/h1-8H,9-10H2,(H,16,18,19). The van der Waals surface area contributed by atoms with Crippen LogP contribution in [0.1, 0.15) is 16.3 Å². The van der Waals surface area contributed by atoms with Crippen LogP contribution in [0.2, 0.25) is 0 Å². The zero-order valence-corrected chi connectivity index (χ0v) is 12.0. The summed E-state index contributed by atoms with van der Waals surface area (Å²) in [7, 11) is 0. The van der Waals surface area contributed by atoms with Gasteiger partial charge in [0.25, 0.3) is 0 Å². The lowest BCUT2D eigenvalue weighted by atomic mass is 10.2. The van der Waals surface area contributed by atoms with E-state index in [1.807, 2.05) is 47.8 Å². The van der Waals surface area contributed by atoms with Gasteiger partial charge in [0, 0.05) is 4.88 Å². The maximum atomic E-state index is 11.8. The predicted octanol–water partition coefficient (Wildman–Crippen LogP) is 2.90. The quantitative estimate of drug-likeness (QED) is 0.786. The van der Waals surface area contributed by atoms with Gasteiger partial charge in [-0.1, -0.05) is 41.5 Å². The highest BCUT2D eigenvalue weighted by molar-refractivity contribution is 7.10. The fourth-order valence-electron chi connectivity index (χ4n) is 1.88. The summed E-state index contributed by atoms with van der Waals surface area (Å²) >= 11 is 1.54. The molecule has 0 aliphatic rings. The molecule has 0 fully saturated rings. The Hall–Kier alpha value is -2.47. The molecule has 5 nitrogen and oxygen atoms in total. The third-order valence-electron chi connectivity index (χ3n) is 2.83. The van der Waals surface area contributed by atoms with E-state index in [1.54, 1.807) is 11.3 Å². The lowest BCUT2D eigenvalue weighted by molar-refractivity contribution is -0.115. The molecule has 21 heavy (non-hydrogen) atoms. The molecule has 2 aromatic heterocycles. The normalized spacial score (nSPS) is 10.5. The highest BCUT2D eigenvalue weighted by Gasteiger charge is 2.11. The molecular weight excluding hydrogens is 286 g/mol. The van der Waals surface area contributed by atoms with Crippen molar-refractivity contribution in [1.82, 2.24) is 10.2 Å². The fraction of sp³-hybridized carbons (Fsp3) is 0.133. The number of carbonyl (C=O) groups is 1. The fourth-order valence-corrected chi connectivity index (χ4v) is 2.58. The van der Waals surface area contributed by atoms with E-state index in [0.29, 0.717) is 18.7 Å². The molecule has 3 aromatic rings. The van der Waals surface area contributed by atoms with Crippen LogP contribution < -0.4 is 5.32 Å². The molecule has 0 saturated heterocycles. The van der Waals surface area contributed by atoms with Gasteiger partial charge in [-0.3, -0.25) is 10.1 Å². The highest BCUT2D eigenvalue weighted by atomic mass is 32.1. The van der Waals surface area contributed by atoms with Crippen molar-refractivity contribution in [3.63, 3.8) is 0 Å². The zero-order valence-electron chi connectivity index (χ0n) is 11.2. The van der Waals surface area contributed by atoms with Crippen molar-refractivity contribution in [1.29, 1.82) is 0 Å². The second-order valence-corrected chi connectivity index (χ2v) is 5.50. The van der Waals surface area contributed by atoms with E-state index >= 15 is 0 Å². The minimum absolute atomic E-state index is 0.141. The third-order valence-corrected chi connectivity index (χ3v) is 3.70. The molecule has 0 atom stereocenters. The van der Waals surface area contributed by atoms with E-state index in [-0.39, 0.29) is 11.9 Å². The first-order valence-corrected chi connectivity index (χ1v) is 7.36. The Balaban J connectivity index is 1.59. The summed E-state index contributed by atoms with van der Waals surface area (Å²) in [5.41, 5.74) is 1.08. The van der Waals surface area contributed by atoms with Crippen LogP contribution in [0.4, 0.5) is 6.01 Å². The average Bonchev–Trinajstić information content (AvgIpc) is 3.12. The van der Waals surface area contributed by atoms with E-state index < -0.39 is 0 Å². The predicted molar refractivity (Wildman–Crippen MR) is 80.2 cm³/mol. The number of benzene rings is 1. The molecule has 0 aliphatic heterocycles. The number of carbonyl (C=O) groups excluding carboxylic acids is 1. The molecule has 3 rings (SSSR count). The monoisotopic (exact) mass is 299 g/mol. The van der Waals surface area contributed by atoms with Gasteiger partial charge in [0.2, 0.25) is 11.8 Å². The van der Waals surface area contributed by atoms with Gasteiger partial charge >= 0.3 is 6.01 Å². The molecule has 1 amide bonds. The Morgan fingerprint density at radius 3 is 2.76 bits per heavy atom. The molecule has 1 aromatic carbocycles. The van der Waals surface area contributed by atoms with Gasteiger partial charge in [-0.15, -0.1) is 16.4 Å². The van der Waals surface area contributed by atoms with Crippen molar-refractivity contribution in [3.8, 4) is 0 Å². The summed E-state index contributed by atoms with van der Waals surface area (Å²) in [4.78, 5) is 12.8. The van der Waals surface area contributed by atoms with Crippen LogP contribution in [0, 0.1) is 0 Å². The summed E-state index contributed by atoms with van der Waals surface area (Å²) in [6.45, 7) is 0. The van der Waals surface area contributed by atoms with Crippen molar-refractivity contribution in [2.45, 2.75) is 12.8 Å². The van der Waals surface area contributed by atoms with Crippen LogP contribution in [0.5, 0.6) is 0 Å². The number of nitrogens with zero attached hydrogens (tertiary/aromatic N) is 2. The van der Waals surface area contributed by atoms with Crippen LogP contribution in [-0.2, 0) is 17.6 Å². The molecule has 0 unspecified atom stereocenters. The van der Waals surface area contributed by atoms with Crippen molar-refractivity contribution in [2.75, 3.05) is 5.32 Å². The maximum absolute atomic E-state index is 11.8. The molecule has 2 heterocycles. The van der Waals surface area contributed by atoms with Crippen molar-refractivity contribution < 1.29 is 9.21 Å². The Morgan fingerprint density at radius 1 is 1.14 bits per heavy atom. The van der Waals surface area contributed by atoms with E-state index in [0.717, 1.165) is 10.4 Å². The Kier molecular flexibility index (Phi) is 4.07. The van der Waals surface area contributed by atoms with Gasteiger partial charge in [-0.25, -0.2) is 0 Å². The minimum atomic E-state index is -0.160. The summed E-state index contributed by atoms with van der Waals surface area (Å²) < 4.78 is 5.43. The Morgan fingerprint density at radius 2 is 2.00 bits per heavy atom. The number of aromatic nitrogens is 2. The molecule has 1 N–H and O–H groups in total. The SMILES string of the molecule is O=C(Cc1cccs1)Nc1nnc(Cc2ccccc2)o1. The minimum Gasteiger partial charge on any atom is -0.407 e. The first-order valence-electron chi connectivity index (χ1n) is 6.48. The largest absolute Gasteiger partial charge is 0.407 e. The van der Waals surface area contributed by atoms with Crippen LogP contribution in [0.15, 0.2) is 52.3 Å². The molecule has 0 spiro atoms. The van der Waals surface area contributed by atoms with E-state index in [4.69, 9.17) is 4.42 Å². The molecule has 0 saturated carbocycles. The topological polar surface area (TPSA) is 68.0 Å². The van der Waals surface area contributed by atoms with Crippen LogP contribution in [0.25, 0.3) is 0 Å². The summed E-state index contributed by atoms with van der Waals surface area (Å²) in [5.74, 6) is 0.319. The number of anilines is 1. The Bertz CT molecular complexity index is 708. The second-order valence-electron chi connectivity index (χ2n) is 4.47. The van der Waals surface area contributed by atoms with Crippen molar-refractivity contribution in [2.24, 2.45) is 0 Å². The number of amides is 1. The first-order chi connectivity index (χ1) is 10.3. The number of rotatable bonds is 5. The second kappa shape index (κ2) is 6.32. The van der Waals surface area contributed by atoms with Gasteiger partial charge in [0.15, 0.2) is 0 Å². The van der Waals surface area contributed by atoms with E-state index in [9.17, 15) is 4.79 Å². The number of hydrogen-bond acceptors (Lipinski definition) is 5. The lowest BCUT2D eigenvalue weighted by Crippen LogP contribution is -2.13. The maximum Gasteiger partial charge on any atom is 0.322 e. The van der Waals surface area contributed by atoms with Crippen LogP contribution in [-0.4, -0.2) is 16.1 Å². The average molecular weight is 299 g/mol. The van der Waals surface area contributed by atoms with E-state index in [1.165, 1.54) is 0 Å². The molecule has 0 aliphatic carbocycles. The summed E-state index contributed by atoms with van der Waals surface area (Å²) in [6.07, 6.45) is 0.864. The van der Waals surface area contributed by atoms with Gasteiger partial charge in [0.1, 0.15) is 0 Å². The van der Waals surface area contributed by atoms with Gasteiger partial charge in [-0.05, 0) is 17.0 Å². The molecular formula is C15H13N3O2S. The number of hydrogen-bond donors (Lipinski definition) is 1. The third kappa shape index (κ3) is 3.76. The van der Waals surface area contributed by atoms with Crippen LogP contribution >= 0.6 is 11.3 Å². The molecule has 6 heteroatoms. The van der Waals surface area contributed by atoms with Gasteiger partial charge in [0.05, 0.1) is 12.8 Å². The van der Waals surface area contributed by atoms with Crippen LogP contribution in [0.3, 0.4) is 0 Å². The Labute approximate surface area is 125 Å². The van der Waals surface area contributed by atoms with Gasteiger partial charge < -0.3 is 4.42 Å². The zero-order chi connectivity index (χ0) is 14.5. The lowest BCUT2D eigenvalue weighted by Gasteiger charge is -1.98.